The zero-order chi connectivity index (χ0) is 12.4. The molecule has 0 atom stereocenters. The van der Waals surface area contributed by atoms with Crippen LogP contribution in [-0.4, -0.2) is 34.3 Å². The lowest BCUT2D eigenvalue weighted by atomic mass is 10.2. The van der Waals surface area contributed by atoms with E-state index in [9.17, 15) is 9.59 Å². The topological polar surface area (TPSA) is 75.4 Å². The van der Waals surface area contributed by atoms with Gasteiger partial charge in [0.05, 0.1) is 10.9 Å². The highest BCUT2D eigenvalue weighted by atomic mass is 16.4. The molecular weight excluding hydrogens is 222 g/mol. The van der Waals surface area contributed by atoms with Crippen LogP contribution in [0.2, 0.25) is 0 Å². The lowest BCUT2D eigenvalue weighted by Crippen LogP contribution is -2.42. The lowest BCUT2D eigenvalue weighted by molar-refractivity contribution is -0.135. The van der Waals surface area contributed by atoms with Crippen molar-refractivity contribution in [2.45, 2.75) is 0 Å². The summed E-state index contributed by atoms with van der Waals surface area (Å²) in [6.45, 7) is -0.264. The number of benzene rings is 1. The minimum atomic E-state index is -1.01. The Bertz CT molecular complexity index is 621. The van der Waals surface area contributed by atoms with Crippen LogP contribution in [0.4, 0.5) is 0 Å². The minimum absolute atomic E-state index is 0.264. The minimum Gasteiger partial charge on any atom is -0.480 e. The Morgan fingerprint density at radius 3 is 2.88 bits per heavy atom. The van der Waals surface area contributed by atoms with E-state index >= 15 is 0 Å². The second-order valence-electron chi connectivity index (χ2n) is 3.62. The molecule has 0 aliphatic rings. The van der Waals surface area contributed by atoms with Crippen molar-refractivity contribution in [1.82, 2.24) is 9.66 Å². The molecule has 0 saturated carbocycles. The van der Waals surface area contributed by atoms with E-state index in [1.54, 1.807) is 24.3 Å². The van der Waals surface area contributed by atoms with Crippen molar-refractivity contribution in [2.24, 2.45) is 0 Å². The molecule has 0 fully saturated rings. The number of aromatic nitrogens is 2. The molecule has 0 unspecified atom stereocenters. The van der Waals surface area contributed by atoms with Gasteiger partial charge < -0.3 is 10.1 Å². The molecule has 1 N–H and O–H groups in total. The number of aliphatic carboxylic acids is 1. The summed E-state index contributed by atoms with van der Waals surface area (Å²) in [5.74, 6) is -1.01. The first-order valence-corrected chi connectivity index (χ1v) is 4.99. The molecule has 6 nitrogen and oxygen atoms in total. The first-order valence-electron chi connectivity index (χ1n) is 4.99. The molecule has 6 heteroatoms. The van der Waals surface area contributed by atoms with Gasteiger partial charge in [-0.05, 0) is 12.1 Å². The maximum atomic E-state index is 12.0. The van der Waals surface area contributed by atoms with Crippen LogP contribution in [0.25, 0.3) is 10.9 Å². The molecule has 2 aromatic rings. The number of likely N-dealkylation sites (N-methyl/N-ethyl adjacent to an activating group) is 1. The van der Waals surface area contributed by atoms with Gasteiger partial charge >= 0.3 is 5.97 Å². The normalized spacial score (nSPS) is 10.4. The van der Waals surface area contributed by atoms with E-state index in [2.05, 4.69) is 4.98 Å². The largest absolute Gasteiger partial charge is 0.480 e. The molecule has 0 spiro atoms. The fourth-order valence-electron chi connectivity index (χ4n) is 1.57. The van der Waals surface area contributed by atoms with Crippen molar-refractivity contribution < 1.29 is 9.90 Å². The third-order valence-electron chi connectivity index (χ3n) is 2.38. The average Bonchev–Trinajstić information content (AvgIpc) is 2.28. The van der Waals surface area contributed by atoms with Crippen LogP contribution in [0.3, 0.4) is 0 Å². The van der Waals surface area contributed by atoms with Crippen LogP contribution >= 0.6 is 0 Å². The summed E-state index contributed by atoms with van der Waals surface area (Å²) in [5.41, 5.74) is 0.317. The standard InChI is InChI=1S/C11H11N3O3/c1-13(6-10(15)16)14-7-12-9-5-3-2-4-8(9)11(14)17/h2-5,7H,6H2,1H3,(H,15,16). The van der Waals surface area contributed by atoms with E-state index in [0.717, 1.165) is 0 Å². The zero-order valence-corrected chi connectivity index (χ0v) is 9.20. The van der Waals surface area contributed by atoms with Gasteiger partial charge in [0.1, 0.15) is 12.9 Å². The van der Waals surface area contributed by atoms with Gasteiger partial charge in [-0.3, -0.25) is 9.59 Å². The molecule has 2 rings (SSSR count). The molecule has 88 valence electrons. The summed E-state index contributed by atoms with van der Waals surface area (Å²) in [6.07, 6.45) is 1.33. The zero-order valence-electron chi connectivity index (χ0n) is 9.20. The molecule has 0 saturated heterocycles. The Labute approximate surface area is 96.7 Å². The van der Waals surface area contributed by atoms with Gasteiger partial charge in [-0.15, -0.1) is 0 Å². The van der Waals surface area contributed by atoms with E-state index < -0.39 is 5.97 Å². The third kappa shape index (κ3) is 2.10. The van der Waals surface area contributed by atoms with Crippen LogP contribution < -0.4 is 10.6 Å². The van der Waals surface area contributed by atoms with Gasteiger partial charge in [-0.1, -0.05) is 12.1 Å². The summed E-state index contributed by atoms with van der Waals surface area (Å²) >= 11 is 0. The van der Waals surface area contributed by atoms with Crippen molar-refractivity contribution in [3.8, 4) is 0 Å². The molecule has 0 bridgehead atoms. The Morgan fingerprint density at radius 1 is 1.47 bits per heavy atom. The van der Waals surface area contributed by atoms with Gasteiger partial charge in [-0.2, -0.15) is 0 Å². The van der Waals surface area contributed by atoms with Crippen LogP contribution in [0.5, 0.6) is 0 Å². The van der Waals surface area contributed by atoms with Crippen LogP contribution in [-0.2, 0) is 4.79 Å². The Balaban J connectivity index is 2.53. The van der Waals surface area contributed by atoms with E-state index in [1.807, 2.05) is 0 Å². The summed E-state index contributed by atoms with van der Waals surface area (Å²) in [6, 6.07) is 6.93. The number of para-hydroxylation sites is 1. The van der Waals surface area contributed by atoms with Gasteiger partial charge in [0.15, 0.2) is 0 Å². The fraction of sp³-hybridized carbons (Fsp3) is 0.182. The molecular formula is C11H11N3O3. The highest BCUT2D eigenvalue weighted by molar-refractivity contribution is 5.77. The maximum absolute atomic E-state index is 12.0. The van der Waals surface area contributed by atoms with E-state index in [4.69, 9.17) is 5.11 Å². The van der Waals surface area contributed by atoms with Gasteiger partial charge in [0.25, 0.3) is 5.56 Å². The quantitative estimate of drug-likeness (QED) is 0.810. The number of hydrogen-bond acceptors (Lipinski definition) is 4. The number of rotatable bonds is 3. The first-order chi connectivity index (χ1) is 8.09. The highest BCUT2D eigenvalue weighted by Gasteiger charge is 2.09. The Kier molecular flexibility index (Phi) is 2.78. The number of carbonyl (C=O) groups is 1. The molecule has 1 aromatic heterocycles. The second-order valence-corrected chi connectivity index (χ2v) is 3.62. The summed E-state index contributed by atoms with van der Waals surface area (Å²) in [4.78, 5) is 26.7. The SMILES string of the molecule is CN(CC(=O)O)n1cnc2ccccc2c1=O. The highest BCUT2D eigenvalue weighted by Crippen LogP contribution is 2.04. The van der Waals surface area contributed by atoms with Crippen molar-refractivity contribution in [1.29, 1.82) is 0 Å². The third-order valence-corrected chi connectivity index (χ3v) is 2.38. The Hall–Kier alpha value is -2.37. The molecule has 0 radical (unpaired) electrons. The summed E-state index contributed by atoms with van der Waals surface area (Å²) in [7, 11) is 1.52. The molecule has 0 aliphatic heterocycles. The first kappa shape index (κ1) is 11.1. The monoisotopic (exact) mass is 233 g/mol. The van der Waals surface area contributed by atoms with Crippen LogP contribution in [0.15, 0.2) is 35.4 Å². The number of carboxylic acids is 1. The van der Waals surface area contributed by atoms with Gasteiger partial charge in [0, 0.05) is 7.05 Å². The van der Waals surface area contributed by atoms with E-state index in [0.29, 0.717) is 10.9 Å². The number of nitrogens with zero attached hydrogens (tertiary/aromatic N) is 3. The smallest absolute Gasteiger partial charge is 0.324 e. The summed E-state index contributed by atoms with van der Waals surface area (Å²) < 4.78 is 1.19. The predicted molar refractivity (Wildman–Crippen MR) is 62.6 cm³/mol. The van der Waals surface area contributed by atoms with Crippen molar-refractivity contribution in [2.75, 3.05) is 18.6 Å². The second kappa shape index (κ2) is 4.25. The van der Waals surface area contributed by atoms with E-state index in [1.165, 1.54) is 23.1 Å². The Morgan fingerprint density at radius 2 is 2.18 bits per heavy atom. The number of hydrogen-bond donors (Lipinski definition) is 1. The van der Waals surface area contributed by atoms with Crippen LogP contribution in [0, 0.1) is 0 Å². The molecule has 0 amide bonds. The van der Waals surface area contributed by atoms with Crippen LogP contribution in [0.1, 0.15) is 0 Å². The maximum Gasteiger partial charge on any atom is 0.324 e. The molecule has 17 heavy (non-hydrogen) atoms. The van der Waals surface area contributed by atoms with Gasteiger partial charge in [0.2, 0.25) is 0 Å². The molecule has 1 aromatic carbocycles. The number of carboxylic acid groups (broad SMARTS) is 1. The van der Waals surface area contributed by atoms with Crippen molar-refractivity contribution >= 4 is 16.9 Å². The predicted octanol–water partition coefficient (Wildman–Crippen LogP) is 0.0489. The molecule has 0 aliphatic carbocycles. The average molecular weight is 233 g/mol. The van der Waals surface area contributed by atoms with Gasteiger partial charge in [-0.25, -0.2) is 9.66 Å². The molecule has 1 heterocycles. The fourth-order valence-corrected chi connectivity index (χ4v) is 1.57. The van der Waals surface area contributed by atoms with Crippen molar-refractivity contribution in [3.05, 3.63) is 40.9 Å². The number of fused-ring (bicyclic) bond motifs is 1. The van der Waals surface area contributed by atoms with Crippen molar-refractivity contribution in [3.63, 3.8) is 0 Å². The van der Waals surface area contributed by atoms with E-state index in [-0.39, 0.29) is 12.1 Å². The lowest BCUT2D eigenvalue weighted by Gasteiger charge is -2.18. The summed E-state index contributed by atoms with van der Waals surface area (Å²) in [5, 5.41) is 10.4.